The van der Waals surface area contributed by atoms with Crippen molar-refractivity contribution in [2.24, 2.45) is 5.41 Å². The van der Waals surface area contributed by atoms with E-state index in [0.29, 0.717) is 24.6 Å². The highest BCUT2D eigenvalue weighted by molar-refractivity contribution is 6.17. The Bertz CT molecular complexity index is 789. The Morgan fingerprint density at radius 1 is 1.08 bits per heavy atom. The molecule has 0 aliphatic heterocycles. The van der Waals surface area contributed by atoms with Crippen LogP contribution in [0.3, 0.4) is 0 Å². The number of hydrogen-bond donors (Lipinski definition) is 1. The van der Waals surface area contributed by atoms with Gasteiger partial charge >= 0.3 is 0 Å². The lowest BCUT2D eigenvalue weighted by molar-refractivity contribution is -0.132. The van der Waals surface area contributed by atoms with Crippen LogP contribution < -0.4 is 10.2 Å². The smallest absolute Gasteiger partial charge is 0.242 e. The van der Waals surface area contributed by atoms with Crippen molar-refractivity contribution in [3.8, 4) is 0 Å². The third-order valence-corrected chi connectivity index (χ3v) is 4.22. The Morgan fingerprint density at radius 2 is 1.75 bits per heavy atom. The fraction of sp³-hybridized carbons (Fsp3) is 0.222. The predicted octanol–water partition coefficient (Wildman–Crippen LogP) is 3.35. The summed E-state index contributed by atoms with van der Waals surface area (Å²) in [6.45, 7) is 0. The van der Waals surface area contributed by atoms with Gasteiger partial charge < -0.3 is 10.2 Å². The number of amides is 2. The van der Waals surface area contributed by atoms with Crippen LogP contribution in [0.4, 0.5) is 20.2 Å². The molecule has 0 heterocycles. The van der Waals surface area contributed by atoms with Gasteiger partial charge in [-0.2, -0.15) is 0 Å². The minimum absolute atomic E-state index is 0.136. The summed E-state index contributed by atoms with van der Waals surface area (Å²) in [4.78, 5) is 26.6. The average Bonchev–Trinajstić information content (AvgIpc) is 3.38. The Labute approximate surface area is 138 Å². The van der Waals surface area contributed by atoms with Crippen LogP contribution in [-0.2, 0) is 9.59 Å². The molecular weight excluding hydrogens is 314 g/mol. The Hall–Kier alpha value is -2.76. The van der Waals surface area contributed by atoms with Crippen LogP contribution in [0, 0.1) is 17.0 Å². The van der Waals surface area contributed by atoms with E-state index in [2.05, 4.69) is 5.32 Å². The largest absolute Gasteiger partial charge is 0.323 e. The first-order chi connectivity index (χ1) is 11.4. The molecule has 1 N–H and O–H groups in total. The molecule has 0 unspecified atom stereocenters. The van der Waals surface area contributed by atoms with Gasteiger partial charge in [-0.3, -0.25) is 9.59 Å². The van der Waals surface area contributed by atoms with Crippen molar-refractivity contribution in [1.82, 2.24) is 0 Å². The summed E-state index contributed by atoms with van der Waals surface area (Å²) in [7, 11) is 1.60. The standard InChI is InChI=1S/C18H16F2N2O2/c1-22(13-5-3-2-4-6-13)17(24)18(9-10-18)16(23)21-15-8-7-12(19)11-14(15)20/h2-8,11H,9-10H2,1H3,(H,21,23). The van der Waals surface area contributed by atoms with Crippen molar-refractivity contribution in [2.75, 3.05) is 17.3 Å². The van der Waals surface area contributed by atoms with E-state index in [1.165, 1.54) is 4.90 Å². The van der Waals surface area contributed by atoms with Crippen LogP contribution in [0.15, 0.2) is 48.5 Å². The maximum absolute atomic E-state index is 13.7. The molecule has 3 rings (SSSR count). The maximum atomic E-state index is 13.7. The lowest BCUT2D eigenvalue weighted by Crippen LogP contribution is -2.41. The Kier molecular flexibility index (Phi) is 4.05. The zero-order valence-electron chi connectivity index (χ0n) is 13.1. The summed E-state index contributed by atoms with van der Waals surface area (Å²) in [6.07, 6.45) is 0.801. The van der Waals surface area contributed by atoms with Crippen molar-refractivity contribution in [3.63, 3.8) is 0 Å². The van der Waals surface area contributed by atoms with E-state index in [4.69, 9.17) is 0 Å². The summed E-state index contributed by atoms with van der Waals surface area (Å²) >= 11 is 0. The van der Waals surface area contributed by atoms with E-state index in [1.807, 2.05) is 6.07 Å². The summed E-state index contributed by atoms with van der Waals surface area (Å²) < 4.78 is 26.6. The van der Waals surface area contributed by atoms with Crippen LogP contribution in [0.2, 0.25) is 0 Å². The molecule has 0 atom stereocenters. The van der Waals surface area contributed by atoms with Crippen LogP contribution in [0.25, 0.3) is 0 Å². The second-order valence-electron chi connectivity index (χ2n) is 5.86. The second-order valence-corrected chi connectivity index (χ2v) is 5.86. The molecule has 2 amide bonds. The van der Waals surface area contributed by atoms with E-state index in [-0.39, 0.29) is 11.6 Å². The fourth-order valence-electron chi connectivity index (χ4n) is 2.59. The van der Waals surface area contributed by atoms with E-state index < -0.39 is 23.0 Å². The number of para-hydroxylation sites is 1. The van der Waals surface area contributed by atoms with Crippen molar-refractivity contribution in [2.45, 2.75) is 12.8 Å². The monoisotopic (exact) mass is 330 g/mol. The first-order valence-electron chi connectivity index (χ1n) is 7.54. The first kappa shape index (κ1) is 16.1. The van der Waals surface area contributed by atoms with Crippen LogP contribution in [0.5, 0.6) is 0 Å². The molecule has 124 valence electrons. The lowest BCUT2D eigenvalue weighted by atomic mass is 10.0. The normalized spacial score (nSPS) is 14.8. The molecule has 24 heavy (non-hydrogen) atoms. The SMILES string of the molecule is CN(C(=O)C1(C(=O)Nc2ccc(F)cc2F)CC1)c1ccccc1. The molecule has 1 aliphatic rings. The Balaban J connectivity index is 1.78. The molecule has 1 saturated carbocycles. The van der Waals surface area contributed by atoms with Crippen LogP contribution in [0.1, 0.15) is 12.8 Å². The van der Waals surface area contributed by atoms with Gasteiger partial charge in [0, 0.05) is 18.8 Å². The molecule has 0 radical (unpaired) electrons. The van der Waals surface area contributed by atoms with Crippen molar-refractivity contribution in [1.29, 1.82) is 0 Å². The number of hydrogen-bond acceptors (Lipinski definition) is 2. The quantitative estimate of drug-likeness (QED) is 0.874. The number of nitrogens with one attached hydrogen (secondary N) is 1. The van der Waals surface area contributed by atoms with Gasteiger partial charge in [-0.1, -0.05) is 18.2 Å². The summed E-state index contributed by atoms with van der Waals surface area (Å²) in [5, 5.41) is 2.40. The van der Waals surface area contributed by atoms with Crippen molar-refractivity contribution in [3.05, 3.63) is 60.2 Å². The number of nitrogens with zero attached hydrogens (tertiary/aromatic N) is 1. The summed E-state index contributed by atoms with van der Waals surface area (Å²) in [5.74, 6) is -2.51. The molecule has 1 aliphatic carbocycles. The number of anilines is 2. The van der Waals surface area contributed by atoms with Gasteiger partial charge in [0.2, 0.25) is 11.8 Å². The van der Waals surface area contributed by atoms with E-state index in [9.17, 15) is 18.4 Å². The number of halogens is 2. The van der Waals surface area contributed by atoms with Crippen molar-refractivity contribution >= 4 is 23.2 Å². The van der Waals surface area contributed by atoms with Crippen molar-refractivity contribution < 1.29 is 18.4 Å². The topological polar surface area (TPSA) is 49.4 Å². The minimum Gasteiger partial charge on any atom is -0.323 e. The molecule has 0 bridgehead atoms. The first-order valence-corrected chi connectivity index (χ1v) is 7.54. The lowest BCUT2D eigenvalue weighted by Gasteiger charge is -2.23. The number of rotatable bonds is 4. The van der Waals surface area contributed by atoms with Gasteiger partial charge in [-0.25, -0.2) is 8.78 Å². The third kappa shape index (κ3) is 2.87. The second kappa shape index (κ2) is 6.03. The minimum atomic E-state index is -1.19. The van der Waals surface area contributed by atoms with E-state index in [1.54, 1.807) is 31.3 Å². The number of carbonyl (C=O) groups excluding carboxylic acids is 2. The number of benzene rings is 2. The van der Waals surface area contributed by atoms with Gasteiger partial charge in [-0.05, 0) is 37.1 Å². The fourth-order valence-corrected chi connectivity index (χ4v) is 2.59. The molecule has 0 aromatic heterocycles. The van der Waals surface area contributed by atoms with Gasteiger partial charge in [-0.15, -0.1) is 0 Å². The predicted molar refractivity (Wildman–Crippen MR) is 86.5 cm³/mol. The average molecular weight is 330 g/mol. The van der Waals surface area contributed by atoms with Crippen LogP contribution >= 0.6 is 0 Å². The summed E-state index contributed by atoms with van der Waals surface area (Å²) in [5.41, 5.74) is -0.650. The molecular formula is C18H16F2N2O2. The Morgan fingerprint density at radius 3 is 2.33 bits per heavy atom. The van der Waals surface area contributed by atoms with Gasteiger partial charge in [0.1, 0.15) is 17.0 Å². The zero-order valence-corrected chi connectivity index (χ0v) is 13.1. The summed E-state index contributed by atoms with van der Waals surface area (Å²) in [6, 6.07) is 11.8. The third-order valence-electron chi connectivity index (χ3n) is 4.22. The zero-order chi connectivity index (χ0) is 17.3. The van der Waals surface area contributed by atoms with Gasteiger partial charge in [0.15, 0.2) is 0 Å². The molecule has 6 heteroatoms. The maximum Gasteiger partial charge on any atom is 0.242 e. The highest BCUT2D eigenvalue weighted by Gasteiger charge is 2.57. The van der Waals surface area contributed by atoms with E-state index >= 15 is 0 Å². The van der Waals surface area contributed by atoms with Gasteiger partial charge in [0.05, 0.1) is 5.69 Å². The number of carbonyl (C=O) groups is 2. The molecule has 2 aromatic rings. The highest BCUT2D eigenvalue weighted by atomic mass is 19.1. The molecule has 0 spiro atoms. The molecule has 0 saturated heterocycles. The molecule has 2 aromatic carbocycles. The van der Waals surface area contributed by atoms with Gasteiger partial charge in [0.25, 0.3) is 0 Å². The van der Waals surface area contributed by atoms with Crippen LogP contribution in [-0.4, -0.2) is 18.9 Å². The van der Waals surface area contributed by atoms with E-state index in [0.717, 1.165) is 12.1 Å². The molecule has 4 nitrogen and oxygen atoms in total. The highest BCUT2D eigenvalue weighted by Crippen LogP contribution is 2.48. The molecule has 1 fully saturated rings.